The number of primary amides is 1. The zero-order valence-electron chi connectivity index (χ0n) is 20.2. The molecular formula is C25H39N3O3. The van der Waals surface area contributed by atoms with Crippen LogP contribution in [0.25, 0.3) is 0 Å². The van der Waals surface area contributed by atoms with Gasteiger partial charge in [-0.15, -0.1) is 0 Å². The molecular weight excluding hydrogens is 390 g/mol. The summed E-state index contributed by atoms with van der Waals surface area (Å²) in [5, 5.41) is 5.53. The molecule has 0 aliphatic rings. The van der Waals surface area contributed by atoms with Gasteiger partial charge < -0.3 is 16.4 Å². The maximum Gasteiger partial charge on any atom is 0.252 e. The largest absolute Gasteiger partial charge is 0.366 e. The lowest BCUT2D eigenvalue weighted by molar-refractivity contribution is 0.0926. The van der Waals surface area contributed by atoms with Crippen LogP contribution in [0, 0.1) is 0 Å². The Balaban J connectivity index is 0. The fourth-order valence-corrected chi connectivity index (χ4v) is 2.17. The molecule has 0 atom stereocenters. The van der Waals surface area contributed by atoms with Gasteiger partial charge in [-0.3, -0.25) is 14.4 Å². The third kappa shape index (κ3) is 12.9. The Labute approximate surface area is 187 Å². The molecule has 2 aromatic rings. The minimum Gasteiger partial charge on any atom is -0.366 e. The lowest BCUT2D eigenvalue weighted by Gasteiger charge is -2.10. The summed E-state index contributed by atoms with van der Waals surface area (Å²) < 4.78 is 0. The molecule has 0 aliphatic heterocycles. The second-order valence-electron chi connectivity index (χ2n) is 6.53. The zero-order valence-corrected chi connectivity index (χ0v) is 20.2. The number of benzene rings is 2. The Bertz CT molecular complexity index is 773. The first-order chi connectivity index (χ1) is 14.7. The highest BCUT2D eigenvalue weighted by atomic mass is 16.2. The van der Waals surface area contributed by atoms with Crippen LogP contribution in [0.3, 0.4) is 0 Å². The molecule has 172 valence electrons. The normalized spacial score (nSPS) is 9.10. The maximum atomic E-state index is 11.7. The summed E-state index contributed by atoms with van der Waals surface area (Å²) in [6, 6.07) is 15.9. The van der Waals surface area contributed by atoms with E-state index in [0.29, 0.717) is 11.1 Å². The van der Waals surface area contributed by atoms with E-state index in [-0.39, 0.29) is 29.5 Å². The fraction of sp³-hybridized carbons (Fsp3) is 0.400. The van der Waals surface area contributed by atoms with Crippen molar-refractivity contribution in [2.75, 3.05) is 0 Å². The maximum absolute atomic E-state index is 11.7. The van der Waals surface area contributed by atoms with Crippen molar-refractivity contribution in [1.82, 2.24) is 10.6 Å². The van der Waals surface area contributed by atoms with Gasteiger partial charge in [-0.2, -0.15) is 0 Å². The van der Waals surface area contributed by atoms with Gasteiger partial charge in [0.25, 0.3) is 11.8 Å². The first kappa shape index (κ1) is 30.0. The van der Waals surface area contributed by atoms with Crippen molar-refractivity contribution in [1.29, 1.82) is 0 Å². The Kier molecular flexibility index (Phi) is 17.1. The Morgan fingerprint density at radius 1 is 0.645 bits per heavy atom. The third-order valence-electron chi connectivity index (χ3n) is 3.31. The van der Waals surface area contributed by atoms with Crippen LogP contribution < -0.4 is 16.4 Å². The smallest absolute Gasteiger partial charge is 0.252 e. The predicted molar refractivity (Wildman–Crippen MR) is 129 cm³/mol. The summed E-state index contributed by atoms with van der Waals surface area (Å²) >= 11 is 0. The molecule has 6 nitrogen and oxygen atoms in total. The van der Waals surface area contributed by atoms with Crippen LogP contribution in [-0.4, -0.2) is 29.8 Å². The molecule has 0 heterocycles. The molecule has 0 spiro atoms. The van der Waals surface area contributed by atoms with Gasteiger partial charge in [0.2, 0.25) is 5.91 Å². The number of rotatable bonds is 5. The molecule has 0 aromatic heterocycles. The first-order valence-corrected chi connectivity index (χ1v) is 10.8. The SMILES string of the molecule is CC.CC.CC(C)NC(=O)c1ccccc1.CC(C)NC(=O)c1ccccc1C(N)=O. The standard InChI is InChI=1S/C11H14N2O2.C10H13NO.2C2H6/c1-7(2)13-11(15)9-6-4-3-5-8(9)10(12)14;1-8(2)11-10(12)9-6-4-3-5-7-9;2*1-2/h3-7H,1-2H3,(H2,12,14)(H,13,15);3-8H,1-2H3,(H,11,12);2*1-2H3. The van der Waals surface area contributed by atoms with E-state index in [1.807, 2.05) is 73.6 Å². The van der Waals surface area contributed by atoms with Crippen molar-refractivity contribution < 1.29 is 14.4 Å². The number of carbonyl (C=O) groups excluding carboxylic acids is 3. The van der Waals surface area contributed by atoms with Crippen molar-refractivity contribution in [3.8, 4) is 0 Å². The van der Waals surface area contributed by atoms with E-state index in [1.54, 1.807) is 30.3 Å². The Morgan fingerprint density at radius 2 is 1.03 bits per heavy atom. The van der Waals surface area contributed by atoms with E-state index < -0.39 is 5.91 Å². The van der Waals surface area contributed by atoms with Crippen LogP contribution in [0.2, 0.25) is 0 Å². The van der Waals surface area contributed by atoms with Gasteiger partial charge in [0.15, 0.2) is 0 Å². The van der Waals surface area contributed by atoms with E-state index in [2.05, 4.69) is 10.6 Å². The molecule has 31 heavy (non-hydrogen) atoms. The second kappa shape index (κ2) is 17.7. The molecule has 0 radical (unpaired) electrons. The number of amides is 3. The van der Waals surface area contributed by atoms with E-state index >= 15 is 0 Å². The molecule has 6 heteroatoms. The summed E-state index contributed by atoms with van der Waals surface area (Å²) in [7, 11) is 0. The van der Waals surface area contributed by atoms with Gasteiger partial charge in [0.05, 0.1) is 11.1 Å². The summed E-state index contributed by atoms with van der Waals surface area (Å²) in [5.74, 6) is -0.880. The first-order valence-electron chi connectivity index (χ1n) is 10.8. The van der Waals surface area contributed by atoms with Gasteiger partial charge in [0, 0.05) is 17.6 Å². The van der Waals surface area contributed by atoms with Crippen molar-refractivity contribution in [2.45, 2.75) is 67.5 Å². The Morgan fingerprint density at radius 3 is 1.45 bits per heavy atom. The molecule has 4 N–H and O–H groups in total. The molecule has 0 saturated carbocycles. The molecule has 3 amide bonds. The van der Waals surface area contributed by atoms with E-state index in [0.717, 1.165) is 0 Å². The summed E-state index contributed by atoms with van der Waals surface area (Å²) in [4.78, 5) is 34.1. The van der Waals surface area contributed by atoms with Crippen LogP contribution in [0.4, 0.5) is 0 Å². The number of nitrogens with one attached hydrogen (secondary N) is 2. The molecule has 0 unspecified atom stereocenters. The molecule has 2 rings (SSSR count). The van der Waals surface area contributed by atoms with Crippen molar-refractivity contribution in [2.24, 2.45) is 5.73 Å². The number of hydrogen-bond acceptors (Lipinski definition) is 3. The third-order valence-corrected chi connectivity index (χ3v) is 3.31. The predicted octanol–water partition coefficient (Wildman–Crippen LogP) is 4.80. The lowest BCUT2D eigenvalue weighted by atomic mass is 10.1. The average molecular weight is 430 g/mol. The van der Waals surface area contributed by atoms with Crippen molar-refractivity contribution in [3.05, 3.63) is 71.3 Å². The monoisotopic (exact) mass is 429 g/mol. The number of hydrogen-bond donors (Lipinski definition) is 3. The molecule has 0 bridgehead atoms. The number of nitrogens with two attached hydrogens (primary N) is 1. The highest BCUT2D eigenvalue weighted by molar-refractivity contribution is 6.06. The van der Waals surface area contributed by atoms with Crippen LogP contribution in [0.1, 0.15) is 86.5 Å². The molecule has 0 saturated heterocycles. The minimum absolute atomic E-state index is 0.00870. The van der Waals surface area contributed by atoms with Crippen LogP contribution in [0.5, 0.6) is 0 Å². The lowest BCUT2D eigenvalue weighted by Crippen LogP contribution is -2.32. The van der Waals surface area contributed by atoms with Crippen molar-refractivity contribution >= 4 is 17.7 Å². The van der Waals surface area contributed by atoms with Gasteiger partial charge in [0.1, 0.15) is 0 Å². The quantitative estimate of drug-likeness (QED) is 0.636. The average Bonchev–Trinajstić information content (AvgIpc) is 2.76. The van der Waals surface area contributed by atoms with E-state index in [4.69, 9.17) is 5.73 Å². The van der Waals surface area contributed by atoms with E-state index in [1.165, 1.54) is 6.07 Å². The molecule has 2 aromatic carbocycles. The van der Waals surface area contributed by atoms with Crippen LogP contribution >= 0.6 is 0 Å². The van der Waals surface area contributed by atoms with Gasteiger partial charge >= 0.3 is 0 Å². The summed E-state index contributed by atoms with van der Waals surface area (Å²) in [6.45, 7) is 15.6. The highest BCUT2D eigenvalue weighted by Crippen LogP contribution is 2.08. The van der Waals surface area contributed by atoms with Gasteiger partial charge in [-0.1, -0.05) is 58.0 Å². The van der Waals surface area contributed by atoms with E-state index in [9.17, 15) is 14.4 Å². The Hall–Kier alpha value is -3.15. The molecule has 0 aliphatic carbocycles. The number of carbonyl (C=O) groups is 3. The van der Waals surface area contributed by atoms with Crippen molar-refractivity contribution in [3.63, 3.8) is 0 Å². The molecule has 0 fully saturated rings. The zero-order chi connectivity index (χ0) is 24.4. The topological polar surface area (TPSA) is 101 Å². The summed E-state index contributed by atoms with van der Waals surface area (Å²) in [6.07, 6.45) is 0. The van der Waals surface area contributed by atoms with Crippen LogP contribution in [0.15, 0.2) is 54.6 Å². The van der Waals surface area contributed by atoms with Gasteiger partial charge in [-0.05, 0) is 52.0 Å². The summed E-state index contributed by atoms with van der Waals surface area (Å²) in [5.41, 5.74) is 6.44. The highest BCUT2D eigenvalue weighted by Gasteiger charge is 2.14. The van der Waals surface area contributed by atoms with Crippen LogP contribution in [-0.2, 0) is 0 Å². The fourth-order valence-electron chi connectivity index (χ4n) is 2.17. The second-order valence-corrected chi connectivity index (χ2v) is 6.53. The minimum atomic E-state index is -0.593. The van der Waals surface area contributed by atoms with Gasteiger partial charge in [-0.25, -0.2) is 0 Å².